The molecule has 0 aliphatic rings. The first-order chi connectivity index (χ1) is 10.1. The third-order valence-electron chi connectivity index (χ3n) is 3.81. The van der Waals surface area contributed by atoms with Gasteiger partial charge in [0.25, 0.3) is 0 Å². The maximum absolute atomic E-state index is 6.75. The lowest BCUT2D eigenvalue weighted by atomic mass is 9.95. The molecule has 0 aromatic heterocycles. The van der Waals surface area contributed by atoms with Crippen LogP contribution in [0.1, 0.15) is 27.6 Å². The summed E-state index contributed by atoms with van der Waals surface area (Å²) in [6.07, 6.45) is 0. The summed E-state index contributed by atoms with van der Waals surface area (Å²) in [5.41, 5.74) is 4.55. The lowest BCUT2D eigenvalue weighted by Gasteiger charge is -2.15. The van der Waals surface area contributed by atoms with Gasteiger partial charge in [0.05, 0.1) is 5.38 Å². The zero-order valence-corrected chi connectivity index (χ0v) is 13.5. The molecule has 0 heterocycles. The van der Waals surface area contributed by atoms with Gasteiger partial charge in [0.2, 0.25) is 0 Å². The van der Waals surface area contributed by atoms with Crippen molar-refractivity contribution in [3.8, 4) is 0 Å². The Hall–Kier alpha value is -1.50. The van der Waals surface area contributed by atoms with Gasteiger partial charge in [-0.25, -0.2) is 0 Å². The molecule has 2 heteroatoms. The van der Waals surface area contributed by atoms with Gasteiger partial charge in [0.1, 0.15) is 0 Å². The van der Waals surface area contributed by atoms with Crippen molar-refractivity contribution in [2.75, 3.05) is 0 Å². The second kappa shape index (κ2) is 5.71. The maximum atomic E-state index is 6.75. The molecule has 1 atom stereocenters. The monoisotopic (exact) mass is 314 g/mol. The predicted octanol–water partition coefficient (Wildman–Crippen LogP) is 6.44. The highest BCUT2D eigenvalue weighted by Crippen LogP contribution is 2.36. The van der Waals surface area contributed by atoms with Crippen LogP contribution in [0.15, 0.2) is 54.6 Å². The van der Waals surface area contributed by atoms with E-state index in [1.165, 1.54) is 16.3 Å². The fraction of sp³-hybridized carbons (Fsp3) is 0.158. The van der Waals surface area contributed by atoms with Crippen LogP contribution in [-0.2, 0) is 0 Å². The van der Waals surface area contributed by atoms with Crippen molar-refractivity contribution in [3.63, 3.8) is 0 Å². The Morgan fingerprint density at radius 2 is 1.57 bits per heavy atom. The molecule has 1 unspecified atom stereocenters. The van der Waals surface area contributed by atoms with Crippen LogP contribution in [0.4, 0.5) is 0 Å². The number of hydrogen-bond donors (Lipinski definition) is 0. The highest BCUT2D eigenvalue weighted by atomic mass is 35.5. The van der Waals surface area contributed by atoms with E-state index in [2.05, 4.69) is 49.4 Å². The summed E-state index contributed by atoms with van der Waals surface area (Å²) in [6.45, 7) is 4.16. The Labute approximate surface area is 135 Å². The second-order valence-electron chi connectivity index (χ2n) is 5.44. The predicted molar refractivity (Wildman–Crippen MR) is 92.6 cm³/mol. The van der Waals surface area contributed by atoms with Crippen LogP contribution in [0.2, 0.25) is 5.02 Å². The summed E-state index contributed by atoms with van der Waals surface area (Å²) in [5.74, 6) is 0. The van der Waals surface area contributed by atoms with Gasteiger partial charge in [-0.05, 0) is 59.0 Å². The molecule has 106 valence electrons. The van der Waals surface area contributed by atoms with Gasteiger partial charge in [-0.1, -0.05) is 54.1 Å². The molecular formula is C19H16Cl2. The minimum Gasteiger partial charge on any atom is -0.113 e. The number of alkyl halides is 1. The molecule has 0 aliphatic carbocycles. The molecule has 0 saturated heterocycles. The topological polar surface area (TPSA) is 0 Å². The molecule has 3 aromatic rings. The smallest absolute Gasteiger partial charge is 0.0842 e. The van der Waals surface area contributed by atoms with Crippen molar-refractivity contribution in [3.05, 3.63) is 81.9 Å². The summed E-state index contributed by atoms with van der Waals surface area (Å²) in [7, 11) is 0. The third-order valence-corrected chi connectivity index (χ3v) is 4.51. The average molecular weight is 315 g/mol. The highest BCUT2D eigenvalue weighted by molar-refractivity contribution is 6.31. The molecule has 0 N–H and O–H groups in total. The van der Waals surface area contributed by atoms with E-state index in [9.17, 15) is 0 Å². The van der Waals surface area contributed by atoms with E-state index >= 15 is 0 Å². The van der Waals surface area contributed by atoms with Gasteiger partial charge in [-0.15, -0.1) is 11.6 Å². The van der Waals surface area contributed by atoms with Crippen LogP contribution < -0.4 is 0 Å². The molecule has 3 rings (SSSR count). The van der Waals surface area contributed by atoms with Crippen LogP contribution in [0.25, 0.3) is 10.8 Å². The first kappa shape index (κ1) is 14.4. The molecule has 0 nitrogen and oxygen atoms in total. The van der Waals surface area contributed by atoms with Crippen LogP contribution in [-0.4, -0.2) is 0 Å². The summed E-state index contributed by atoms with van der Waals surface area (Å²) in [6, 6.07) is 18.6. The van der Waals surface area contributed by atoms with Crippen molar-refractivity contribution in [1.29, 1.82) is 0 Å². The van der Waals surface area contributed by atoms with Crippen molar-refractivity contribution in [2.45, 2.75) is 19.2 Å². The maximum Gasteiger partial charge on any atom is 0.0842 e. The van der Waals surface area contributed by atoms with Gasteiger partial charge >= 0.3 is 0 Å². The van der Waals surface area contributed by atoms with E-state index in [0.29, 0.717) is 0 Å². The van der Waals surface area contributed by atoms with Crippen LogP contribution in [0, 0.1) is 13.8 Å². The van der Waals surface area contributed by atoms with Gasteiger partial charge in [-0.3, -0.25) is 0 Å². The SMILES string of the molecule is Cc1cc(Cl)cc(C(Cl)c2ccc(C)c3ccccc23)c1. The Kier molecular flexibility index (Phi) is 3.93. The third kappa shape index (κ3) is 2.79. The minimum absolute atomic E-state index is 0.201. The van der Waals surface area contributed by atoms with E-state index in [0.717, 1.165) is 21.7 Å². The molecule has 0 radical (unpaired) electrons. The van der Waals surface area contributed by atoms with E-state index in [4.69, 9.17) is 23.2 Å². The zero-order chi connectivity index (χ0) is 15.0. The minimum atomic E-state index is -0.201. The Bertz CT molecular complexity index is 786. The standard InChI is InChI=1S/C19H16Cl2/c1-12-9-14(11-15(20)10-12)19(21)18-8-7-13(2)16-5-3-4-6-17(16)18/h3-11,19H,1-2H3. The summed E-state index contributed by atoms with van der Waals surface area (Å²) in [4.78, 5) is 0. The van der Waals surface area contributed by atoms with Crippen molar-refractivity contribution in [1.82, 2.24) is 0 Å². The van der Waals surface area contributed by atoms with Gasteiger partial charge in [0, 0.05) is 5.02 Å². The van der Waals surface area contributed by atoms with Crippen LogP contribution in [0.3, 0.4) is 0 Å². The Morgan fingerprint density at radius 1 is 0.857 bits per heavy atom. The quantitative estimate of drug-likeness (QED) is 0.477. The largest absolute Gasteiger partial charge is 0.113 e. The second-order valence-corrected chi connectivity index (χ2v) is 6.31. The summed E-state index contributed by atoms with van der Waals surface area (Å²) in [5, 5.41) is 2.98. The fourth-order valence-electron chi connectivity index (χ4n) is 2.78. The molecule has 0 saturated carbocycles. The van der Waals surface area contributed by atoms with E-state index in [1.54, 1.807) is 0 Å². The number of rotatable bonds is 2. The number of halogens is 2. The van der Waals surface area contributed by atoms with Crippen LogP contribution >= 0.6 is 23.2 Å². The van der Waals surface area contributed by atoms with Gasteiger partial charge in [-0.2, -0.15) is 0 Å². The van der Waals surface area contributed by atoms with Gasteiger partial charge in [0.15, 0.2) is 0 Å². The normalized spacial score (nSPS) is 12.6. The van der Waals surface area contributed by atoms with E-state index in [1.807, 2.05) is 19.1 Å². The summed E-state index contributed by atoms with van der Waals surface area (Å²) >= 11 is 12.9. The van der Waals surface area contributed by atoms with Crippen molar-refractivity contribution >= 4 is 34.0 Å². The molecule has 0 spiro atoms. The lowest BCUT2D eigenvalue weighted by Crippen LogP contribution is -1.96. The molecule has 0 bridgehead atoms. The highest BCUT2D eigenvalue weighted by Gasteiger charge is 2.15. The average Bonchev–Trinajstić information content (AvgIpc) is 2.46. The number of fused-ring (bicyclic) bond motifs is 1. The molecule has 3 aromatic carbocycles. The fourth-order valence-corrected chi connectivity index (χ4v) is 3.40. The summed E-state index contributed by atoms with van der Waals surface area (Å²) < 4.78 is 0. The molecule has 21 heavy (non-hydrogen) atoms. The van der Waals surface area contributed by atoms with E-state index in [-0.39, 0.29) is 5.38 Å². The molecule has 0 fully saturated rings. The first-order valence-electron chi connectivity index (χ1n) is 6.95. The molecule has 0 aliphatic heterocycles. The van der Waals surface area contributed by atoms with Crippen molar-refractivity contribution < 1.29 is 0 Å². The lowest BCUT2D eigenvalue weighted by molar-refractivity contribution is 1.15. The molecular weight excluding hydrogens is 299 g/mol. The Morgan fingerprint density at radius 3 is 2.29 bits per heavy atom. The van der Waals surface area contributed by atoms with E-state index < -0.39 is 0 Å². The number of hydrogen-bond acceptors (Lipinski definition) is 0. The first-order valence-corrected chi connectivity index (χ1v) is 7.77. The zero-order valence-electron chi connectivity index (χ0n) is 12.0. The molecule has 0 amide bonds. The number of aryl methyl sites for hydroxylation is 2. The van der Waals surface area contributed by atoms with Crippen LogP contribution in [0.5, 0.6) is 0 Å². The Balaban J connectivity index is 2.18. The van der Waals surface area contributed by atoms with Crippen molar-refractivity contribution in [2.24, 2.45) is 0 Å². The van der Waals surface area contributed by atoms with Gasteiger partial charge < -0.3 is 0 Å². The number of benzene rings is 3.